The molecule has 2 saturated carbocycles. The zero-order valence-corrected chi connectivity index (χ0v) is 15.6. The second kappa shape index (κ2) is 11.3. The number of hydrogen-bond acceptors (Lipinski definition) is 1. The molecule has 1 heteroatoms. The van der Waals surface area contributed by atoms with Gasteiger partial charge in [-0.3, -0.25) is 0 Å². The van der Waals surface area contributed by atoms with E-state index in [4.69, 9.17) is 0 Å². The van der Waals surface area contributed by atoms with E-state index in [1.165, 1.54) is 103 Å². The number of carbonyl (C=O) groups excluding carboxylic acids is 1. The average Bonchev–Trinajstić information content (AvgIpc) is 2.57. The fourth-order valence-electron chi connectivity index (χ4n) is 5.11. The van der Waals surface area contributed by atoms with Gasteiger partial charge in [0.1, 0.15) is 6.29 Å². The van der Waals surface area contributed by atoms with Crippen molar-refractivity contribution in [1.29, 1.82) is 0 Å². The van der Waals surface area contributed by atoms with Crippen LogP contribution in [0.3, 0.4) is 0 Å². The van der Waals surface area contributed by atoms with Gasteiger partial charge in [0.25, 0.3) is 0 Å². The van der Waals surface area contributed by atoms with Crippen molar-refractivity contribution < 1.29 is 4.79 Å². The third-order valence-electron chi connectivity index (χ3n) is 6.54. The third kappa shape index (κ3) is 7.86. The Kier molecular flexibility index (Phi) is 9.31. The van der Waals surface area contributed by atoms with E-state index in [9.17, 15) is 4.79 Å². The van der Waals surface area contributed by atoms with Gasteiger partial charge in [-0.1, -0.05) is 90.4 Å². The molecule has 2 aliphatic carbocycles. The van der Waals surface area contributed by atoms with Crippen LogP contribution < -0.4 is 0 Å². The van der Waals surface area contributed by atoms with Gasteiger partial charge >= 0.3 is 0 Å². The van der Waals surface area contributed by atoms with E-state index in [-0.39, 0.29) is 0 Å². The lowest BCUT2D eigenvalue weighted by atomic mass is 9.79. The normalized spacial score (nSPS) is 31.9. The highest BCUT2D eigenvalue weighted by Crippen LogP contribution is 2.33. The fraction of sp³-hybridized carbons (Fsp3) is 0.955. The Balaban J connectivity index is 1.38. The molecule has 0 radical (unpaired) electrons. The molecule has 0 heterocycles. The lowest BCUT2D eigenvalue weighted by Gasteiger charge is -2.26. The Morgan fingerprint density at radius 3 is 1.91 bits per heavy atom. The minimum atomic E-state index is 0.385. The highest BCUT2D eigenvalue weighted by molar-refractivity contribution is 5.53. The van der Waals surface area contributed by atoms with E-state index in [1.54, 1.807) is 0 Å². The van der Waals surface area contributed by atoms with E-state index in [0.717, 1.165) is 24.2 Å². The smallest absolute Gasteiger partial charge is 0.123 e. The minimum absolute atomic E-state index is 0.385. The molecule has 4 unspecified atom stereocenters. The van der Waals surface area contributed by atoms with Crippen molar-refractivity contribution in [2.45, 2.75) is 110 Å². The quantitative estimate of drug-likeness (QED) is 0.315. The van der Waals surface area contributed by atoms with Crippen LogP contribution in [-0.4, -0.2) is 6.29 Å². The first-order valence-corrected chi connectivity index (χ1v) is 10.7. The first kappa shape index (κ1) is 19.0. The topological polar surface area (TPSA) is 17.1 Å². The molecule has 2 fully saturated rings. The van der Waals surface area contributed by atoms with Crippen LogP contribution in [0.15, 0.2) is 0 Å². The predicted molar refractivity (Wildman–Crippen MR) is 99.6 cm³/mol. The highest BCUT2D eigenvalue weighted by Gasteiger charge is 2.21. The summed E-state index contributed by atoms with van der Waals surface area (Å²) < 4.78 is 0. The van der Waals surface area contributed by atoms with Crippen LogP contribution in [0.1, 0.15) is 110 Å². The van der Waals surface area contributed by atoms with Gasteiger partial charge in [-0.25, -0.2) is 0 Å². The molecule has 2 aliphatic rings. The van der Waals surface area contributed by atoms with Gasteiger partial charge in [-0.2, -0.15) is 0 Å². The third-order valence-corrected chi connectivity index (χ3v) is 6.54. The summed E-state index contributed by atoms with van der Waals surface area (Å²) in [5, 5.41) is 0. The molecule has 4 atom stereocenters. The van der Waals surface area contributed by atoms with Gasteiger partial charge in [-0.05, 0) is 37.0 Å². The first-order chi connectivity index (χ1) is 11.3. The molecule has 0 bridgehead atoms. The lowest BCUT2D eigenvalue weighted by Crippen LogP contribution is -2.16. The van der Waals surface area contributed by atoms with Crippen molar-refractivity contribution in [2.75, 3.05) is 0 Å². The molecule has 0 aromatic heterocycles. The van der Waals surface area contributed by atoms with Crippen LogP contribution in [0.2, 0.25) is 0 Å². The molecule has 0 amide bonds. The Morgan fingerprint density at radius 1 is 0.739 bits per heavy atom. The lowest BCUT2D eigenvalue weighted by molar-refractivity contribution is -0.112. The van der Waals surface area contributed by atoms with E-state index < -0.39 is 0 Å². The van der Waals surface area contributed by atoms with Crippen molar-refractivity contribution in [3.8, 4) is 0 Å². The van der Waals surface area contributed by atoms with Crippen LogP contribution in [0.4, 0.5) is 0 Å². The molecule has 1 nitrogen and oxygen atoms in total. The molecule has 0 N–H and O–H groups in total. The molecule has 134 valence electrons. The second-order valence-electron chi connectivity index (χ2n) is 8.77. The summed E-state index contributed by atoms with van der Waals surface area (Å²) in [4.78, 5) is 10.9. The maximum atomic E-state index is 10.9. The standard InChI is InChI=1S/C22H40O/c1-19-10-8-13-20(16-19)11-6-4-2-3-5-7-12-21-14-9-15-22(17-21)18-23/h18-22H,2-17H2,1H3. The van der Waals surface area contributed by atoms with Crippen molar-refractivity contribution in [3.05, 3.63) is 0 Å². The minimum Gasteiger partial charge on any atom is -0.303 e. The first-order valence-electron chi connectivity index (χ1n) is 10.7. The summed E-state index contributed by atoms with van der Waals surface area (Å²) in [5.74, 6) is 3.28. The molecule has 23 heavy (non-hydrogen) atoms. The molecular formula is C22H40O. The van der Waals surface area contributed by atoms with Crippen molar-refractivity contribution in [2.24, 2.45) is 23.7 Å². The Hall–Kier alpha value is -0.330. The Bertz CT molecular complexity index is 311. The number of rotatable bonds is 10. The van der Waals surface area contributed by atoms with Crippen LogP contribution in [0.5, 0.6) is 0 Å². The van der Waals surface area contributed by atoms with Crippen molar-refractivity contribution in [1.82, 2.24) is 0 Å². The van der Waals surface area contributed by atoms with Crippen molar-refractivity contribution >= 4 is 6.29 Å². The Morgan fingerprint density at radius 2 is 1.30 bits per heavy atom. The number of hydrogen-bond donors (Lipinski definition) is 0. The van der Waals surface area contributed by atoms with E-state index in [2.05, 4.69) is 6.92 Å². The van der Waals surface area contributed by atoms with Gasteiger partial charge in [-0.15, -0.1) is 0 Å². The summed E-state index contributed by atoms with van der Waals surface area (Å²) in [6.45, 7) is 2.44. The molecule has 0 aromatic carbocycles. The summed E-state index contributed by atoms with van der Waals surface area (Å²) in [7, 11) is 0. The molecule has 0 aromatic rings. The Labute approximate surface area is 145 Å². The maximum Gasteiger partial charge on any atom is 0.123 e. The second-order valence-corrected chi connectivity index (χ2v) is 8.77. The molecule has 0 spiro atoms. The van der Waals surface area contributed by atoms with E-state index in [1.807, 2.05) is 0 Å². The molecule has 2 rings (SSSR count). The van der Waals surface area contributed by atoms with E-state index >= 15 is 0 Å². The SMILES string of the molecule is CC1CCCC(CCCCCCCCC2CCCC(C=O)C2)C1. The van der Waals surface area contributed by atoms with Gasteiger partial charge in [0.05, 0.1) is 0 Å². The van der Waals surface area contributed by atoms with E-state index in [0.29, 0.717) is 5.92 Å². The number of unbranched alkanes of at least 4 members (excludes halogenated alkanes) is 5. The zero-order chi connectivity index (χ0) is 16.3. The fourth-order valence-corrected chi connectivity index (χ4v) is 5.11. The molecule has 0 aliphatic heterocycles. The maximum absolute atomic E-state index is 10.9. The zero-order valence-electron chi connectivity index (χ0n) is 15.6. The summed E-state index contributed by atoms with van der Waals surface area (Å²) in [6, 6.07) is 0. The predicted octanol–water partition coefficient (Wildman–Crippen LogP) is 6.94. The van der Waals surface area contributed by atoms with Crippen LogP contribution in [-0.2, 0) is 4.79 Å². The largest absolute Gasteiger partial charge is 0.303 e. The molecule has 0 saturated heterocycles. The van der Waals surface area contributed by atoms with Crippen LogP contribution >= 0.6 is 0 Å². The summed E-state index contributed by atoms with van der Waals surface area (Å²) in [6.07, 6.45) is 23.7. The van der Waals surface area contributed by atoms with Crippen LogP contribution in [0.25, 0.3) is 0 Å². The van der Waals surface area contributed by atoms with Crippen LogP contribution in [0, 0.1) is 23.7 Å². The summed E-state index contributed by atoms with van der Waals surface area (Å²) in [5.41, 5.74) is 0. The molecular weight excluding hydrogens is 280 g/mol. The number of aldehydes is 1. The van der Waals surface area contributed by atoms with Gasteiger partial charge < -0.3 is 4.79 Å². The van der Waals surface area contributed by atoms with Gasteiger partial charge in [0.2, 0.25) is 0 Å². The monoisotopic (exact) mass is 320 g/mol. The number of carbonyl (C=O) groups is 1. The van der Waals surface area contributed by atoms with Gasteiger partial charge in [0.15, 0.2) is 0 Å². The average molecular weight is 321 g/mol. The highest BCUT2D eigenvalue weighted by atomic mass is 16.1. The van der Waals surface area contributed by atoms with Crippen molar-refractivity contribution in [3.63, 3.8) is 0 Å². The van der Waals surface area contributed by atoms with Gasteiger partial charge in [0, 0.05) is 5.92 Å². The summed E-state index contributed by atoms with van der Waals surface area (Å²) >= 11 is 0.